The van der Waals surface area contributed by atoms with Crippen molar-refractivity contribution in [2.75, 3.05) is 18.1 Å². The molecule has 0 radical (unpaired) electrons. The van der Waals surface area contributed by atoms with Gasteiger partial charge in [0.25, 0.3) is 0 Å². The van der Waals surface area contributed by atoms with E-state index >= 15 is 0 Å². The molecule has 3 aromatic rings. The maximum absolute atomic E-state index is 12.8. The Hall–Kier alpha value is -3.54. The fraction of sp³-hybridized carbons (Fsp3) is 0.280. The molecule has 6 nitrogen and oxygen atoms in total. The van der Waals surface area contributed by atoms with Crippen LogP contribution < -0.4 is 4.90 Å². The minimum atomic E-state index is -0.541. The molecule has 6 heteroatoms. The van der Waals surface area contributed by atoms with Crippen molar-refractivity contribution in [3.63, 3.8) is 0 Å². The summed E-state index contributed by atoms with van der Waals surface area (Å²) < 4.78 is 5.37. The number of anilines is 1. The van der Waals surface area contributed by atoms with Gasteiger partial charge in [0.15, 0.2) is 12.4 Å². The van der Waals surface area contributed by atoms with E-state index in [9.17, 15) is 14.4 Å². The third kappa shape index (κ3) is 4.06. The topological polar surface area (TPSA) is 76.6 Å². The molecule has 2 aromatic carbocycles. The summed E-state index contributed by atoms with van der Waals surface area (Å²) in [6.07, 6.45) is 1.98. The number of rotatable bonds is 6. The standard InChI is InChI=1S/C25H24N2O4/c1-3-20-24(16(2)19-7-4-5-8-21(19)26-20)25(30)31-15-22(28)17-10-12-18(13-11-17)27-14-6-9-23(27)29/h4-5,7-8,10-13H,3,6,9,14-15H2,1-2H3. The zero-order chi connectivity index (χ0) is 22.0. The minimum Gasteiger partial charge on any atom is -0.454 e. The van der Waals surface area contributed by atoms with E-state index in [0.717, 1.165) is 28.6 Å². The van der Waals surface area contributed by atoms with Crippen LogP contribution in [0.15, 0.2) is 48.5 Å². The largest absolute Gasteiger partial charge is 0.454 e. The molecule has 1 amide bonds. The number of ether oxygens (including phenoxy) is 1. The Morgan fingerprint density at radius 1 is 1.10 bits per heavy atom. The van der Waals surface area contributed by atoms with E-state index in [1.165, 1.54) is 0 Å². The van der Waals surface area contributed by atoms with Gasteiger partial charge in [-0.1, -0.05) is 25.1 Å². The van der Waals surface area contributed by atoms with Crippen molar-refractivity contribution in [2.24, 2.45) is 0 Å². The van der Waals surface area contributed by atoms with Gasteiger partial charge in [-0.05, 0) is 55.7 Å². The van der Waals surface area contributed by atoms with Crippen molar-refractivity contribution >= 4 is 34.3 Å². The van der Waals surface area contributed by atoms with Crippen molar-refractivity contribution in [3.8, 4) is 0 Å². The number of ketones is 1. The molecule has 0 atom stereocenters. The first-order valence-electron chi connectivity index (χ1n) is 10.5. The number of aryl methyl sites for hydroxylation is 2. The lowest BCUT2D eigenvalue weighted by Gasteiger charge is -2.16. The van der Waals surface area contributed by atoms with Crippen molar-refractivity contribution in [1.82, 2.24) is 4.98 Å². The normalized spacial score (nSPS) is 13.6. The zero-order valence-electron chi connectivity index (χ0n) is 17.7. The van der Waals surface area contributed by atoms with Crippen molar-refractivity contribution in [2.45, 2.75) is 33.1 Å². The van der Waals surface area contributed by atoms with Crippen LogP contribution in [0.2, 0.25) is 0 Å². The first-order chi connectivity index (χ1) is 15.0. The predicted molar refractivity (Wildman–Crippen MR) is 119 cm³/mol. The first-order valence-corrected chi connectivity index (χ1v) is 10.5. The van der Waals surface area contributed by atoms with E-state index < -0.39 is 5.97 Å². The van der Waals surface area contributed by atoms with Crippen LogP contribution in [0.4, 0.5) is 5.69 Å². The maximum Gasteiger partial charge on any atom is 0.340 e. The Morgan fingerprint density at radius 3 is 2.52 bits per heavy atom. The Bertz CT molecular complexity index is 1170. The van der Waals surface area contributed by atoms with E-state index in [4.69, 9.17) is 4.74 Å². The van der Waals surface area contributed by atoms with E-state index in [-0.39, 0.29) is 18.3 Å². The van der Waals surface area contributed by atoms with E-state index in [2.05, 4.69) is 4.98 Å². The highest BCUT2D eigenvalue weighted by molar-refractivity contribution is 6.02. The molecule has 158 valence electrons. The molecule has 31 heavy (non-hydrogen) atoms. The Morgan fingerprint density at radius 2 is 1.84 bits per heavy atom. The number of carbonyl (C=O) groups is 3. The van der Waals surface area contributed by atoms with Crippen LogP contribution in [-0.4, -0.2) is 35.8 Å². The number of amides is 1. The fourth-order valence-electron chi connectivity index (χ4n) is 4.00. The number of nitrogens with zero attached hydrogens (tertiary/aromatic N) is 2. The summed E-state index contributed by atoms with van der Waals surface area (Å²) in [4.78, 5) is 43.6. The van der Waals surface area contributed by atoms with Crippen LogP contribution in [-0.2, 0) is 16.0 Å². The van der Waals surface area contributed by atoms with E-state index in [0.29, 0.717) is 36.2 Å². The Kier molecular flexibility index (Phi) is 5.80. The molecule has 0 unspecified atom stereocenters. The molecule has 0 bridgehead atoms. The Balaban J connectivity index is 1.48. The average molecular weight is 416 g/mol. The summed E-state index contributed by atoms with van der Waals surface area (Å²) in [7, 11) is 0. The van der Waals surface area contributed by atoms with Gasteiger partial charge in [0.1, 0.15) is 0 Å². The number of esters is 1. The number of para-hydroxylation sites is 1. The van der Waals surface area contributed by atoms with Gasteiger partial charge in [0.05, 0.1) is 16.8 Å². The van der Waals surface area contributed by atoms with Gasteiger partial charge < -0.3 is 9.64 Å². The van der Waals surface area contributed by atoms with Crippen LogP contribution in [0, 0.1) is 6.92 Å². The molecular weight excluding hydrogens is 392 g/mol. The van der Waals surface area contributed by atoms with Crippen LogP contribution in [0.25, 0.3) is 10.9 Å². The van der Waals surface area contributed by atoms with Gasteiger partial charge in [0, 0.05) is 29.6 Å². The van der Waals surface area contributed by atoms with Gasteiger partial charge >= 0.3 is 5.97 Å². The van der Waals surface area contributed by atoms with Crippen molar-refractivity contribution in [1.29, 1.82) is 0 Å². The summed E-state index contributed by atoms with van der Waals surface area (Å²) >= 11 is 0. The lowest BCUT2D eigenvalue weighted by molar-refractivity contribution is -0.117. The summed E-state index contributed by atoms with van der Waals surface area (Å²) in [6, 6.07) is 14.5. The molecular formula is C25H24N2O4. The number of Topliss-reactive ketones (excluding diaryl/α,β-unsaturated/α-hetero) is 1. The molecule has 2 heterocycles. The number of fused-ring (bicyclic) bond motifs is 1. The summed E-state index contributed by atoms with van der Waals surface area (Å²) in [5.41, 5.74) is 3.94. The molecule has 0 aliphatic carbocycles. The van der Waals surface area contributed by atoms with E-state index in [1.54, 1.807) is 29.2 Å². The molecule has 0 saturated carbocycles. The second kappa shape index (κ2) is 8.68. The molecule has 1 aliphatic heterocycles. The van der Waals surface area contributed by atoms with Crippen LogP contribution >= 0.6 is 0 Å². The van der Waals surface area contributed by atoms with Gasteiger partial charge in [-0.15, -0.1) is 0 Å². The average Bonchev–Trinajstić information content (AvgIpc) is 3.23. The van der Waals surface area contributed by atoms with Crippen LogP contribution in [0.3, 0.4) is 0 Å². The highest BCUT2D eigenvalue weighted by Gasteiger charge is 2.23. The second-order valence-electron chi connectivity index (χ2n) is 7.62. The highest BCUT2D eigenvalue weighted by Crippen LogP contribution is 2.25. The summed E-state index contributed by atoms with van der Waals surface area (Å²) in [5, 5.41) is 0.894. The molecule has 0 spiro atoms. The van der Waals surface area contributed by atoms with Crippen molar-refractivity contribution in [3.05, 3.63) is 70.9 Å². The summed E-state index contributed by atoms with van der Waals surface area (Å²) in [6.45, 7) is 4.16. The van der Waals surface area contributed by atoms with Gasteiger partial charge in [-0.2, -0.15) is 0 Å². The van der Waals surface area contributed by atoms with E-state index in [1.807, 2.05) is 38.1 Å². The Labute approximate surface area is 180 Å². The number of hydrogen-bond acceptors (Lipinski definition) is 5. The molecule has 1 aromatic heterocycles. The molecule has 4 rings (SSSR count). The lowest BCUT2D eigenvalue weighted by atomic mass is 10.0. The van der Waals surface area contributed by atoms with Crippen molar-refractivity contribution < 1.29 is 19.1 Å². The smallest absolute Gasteiger partial charge is 0.340 e. The minimum absolute atomic E-state index is 0.0964. The number of hydrogen-bond donors (Lipinski definition) is 0. The quantitative estimate of drug-likeness (QED) is 0.443. The van der Waals surface area contributed by atoms with Crippen LogP contribution in [0.1, 0.15) is 51.7 Å². The summed E-state index contributed by atoms with van der Waals surface area (Å²) in [5.74, 6) is -0.739. The van der Waals surface area contributed by atoms with Gasteiger partial charge in [-0.3, -0.25) is 14.6 Å². The zero-order valence-corrected chi connectivity index (χ0v) is 17.7. The SMILES string of the molecule is CCc1nc2ccccc2c(C)c1C(=O)OCC(=O)c1ccc(N2CCCC2=O)cc1. The highest BCUT2D eigenvalue weighted by atomic mass is 16.5. The maximum atomic E-state index is 12.8. The number of benzene rings is 2. The number of pyridine rings is 1. The van der Waals surface area contributed by atoms with Crippen LogP contribution in [0.5, 0.6) is 0 Å². The first kappa shape index (κ1) is 20.7. The lowest BCUT2D eigenvalue weighted by Crippen LogP contribution is -2.23. The molecule has 1 fully saturated rings. The predicted octanol–water partition coefficient (Wildman–Crippen LogP) is 4.27. The fourth-order valence-corrected chi connectivity index (χ4v) is 4.00. The number of aromatic nitrogens is 1. The monoisotopic (exact) mass is 416 g/mol. The molecule has 1 aliphatic rings. The third-order valence-electron chi connectivity index (χ3n) is 5.67. The third-order valence-corrected chi connectivity index (χ3v) is 5.67. The molecule has 1 saturated heterocycles. The van der Waals surface area contributed by atoms with Gasteiger partial charge in [0.2, 0.25) is 5.91 Å². The molecule has 0 N–H and O–H groups in total. The second-order valence-corrected chi connectivity index (χ2v) is 7.62. The number of carbonyl (C=O) groups excluding carboxylic acids is 3. The van der Waals surface area contributed by atoms with Gasteiger partial charge in [-0.25, -0.2) is 4.79 Å².